The predicted molar refractivity (Wildman–Crippen MR) is 140 cm³/mol. The second-order valence-corrected chi connectivity index (χ2v) is 8.61. The Labute approximate surface area is 211 Å². The maximum absolute atomic E-state index is 11.9. The van der Waals surface area contributed by atoms with E-state index >= 15 is 0 Å². The summed E-state index contributed by atoms with van der Waals surface area (Å²) in [4.78, 5) is 24.9. The van der Waals surface area contributed by atoms with Gasteiger partial charge in [0.1, 0.15) is 28.6 Å². The summed E-state index contributed by atoms with van der Waals surface area (Å²) in [6, 6.07) is 17.1. The maximum atomic E-state index is 11.9. The van der Waals surface area contributed by atoms with Gasteiger partial charge in [0, 0.05) is 31.7 Å². The molecule has 186 valence electrons. The topological polar surface area (TPSA) is 102 Å². The fourth-order valence-corrected chi connectivity index (χ4v) is 4.26. The number of primary amides is 1. The number of carbonyl (C=O) groups is 2. The molecule has 36 heavy (non-hydrogen) atoms. The highest BCUT2D eigenvalue weighted by Gasteiger charge is 2.24. The molecule has 0 aliphatic carbocycles. The van der Waals surface area contributed by atoms with Gasteiger partial charge in [0.25, 0.3) is 11.8 Å². The number of para-hydroxylation sites is 1. The molecule has 3 heterocycles. The van der Waals surface area contributed by atoms with Crippen molar-refractivity contribution in [1.29, 1.82) is 0 Å². The lowest BCUT2D eigenvalue weighted by Crippen LogP contribution is -2.34. The molecule has 0 saturated carbocycles. The van der Waals surface area contributed by atoms with Gasteiger partial charge in [0.15, 0.2) is 0 Å². The Morgan fingerprint density at radius 3 is 2.31 bits per heavy atom. The molecule has 0 spiro atoms. The molecule has 2 aromatic carbocycles. The molecule has 0 atom stereocenters. The third kappa shape index (κ3) is 6.05. The van der Waals surface area contributed by atoms with Crippen molar-refractivity contribution in [1.82, 2.24) is 14.7 Å². The van der Waals surface area contributed by atoms with Gasteiger partial charge in [0.2, 0.25) is 0 Å². The summed E-state index contributed by atoms with van der Waals surface area (Å²) < 4.78 is 7.61. The largest absolute Gasteiger partial charge is 0.457 e. The first kappa shape index (κ1) is 24.9. The van der Waals surface area contributed by atoms with E-state index in [1.54, 1.807) is 6.92 Å². The van der Waals surface area contributed by atoms with E-state index < -0.39 is 5.91 Å². The average Bonchev–Trinajstić information content (AvgIpc) is 3.31. The highest BCUT2D eigenvalue weighted by molar-refractivity contribution is 6.03. The van der Waals surface area contributed by atoms with Crippen LogP contribution in [0.1, 0.15) is 43.0 Å². The van der Waals surface area contributed by atoms with Gasteiger partial charge < -0.3 is 20.7 Å². The Kier molecular flexibility index (Phi) is 8.24. The van der Waals surface area contributed by atoms with Gasteiger partial charge in [-0.15, -0.1) is 0 Å². The predicted octanol–water partition coefficient (Wildman–Crippen LogP) is 4.28. The quantitative estimate of drug-likeness (QED) is 0.537. The number of piperidine rings is 1. The number of anilines is 1. The zero-order valence-electron chi connectivity index (χ0n) is 20.5. The van der Waals surface area contributed by atoms with Gasteiger partial charge in [-0.1, -0.05) is 24.1 Å². The second kappa shape index (κ2) is 11.9. The Morgan fingerprint density at radius 1 is 0.944 bits per heavy atom. The van der Waals surface area contributed by atoms with Crippen molar-refractivity contribution in [3.63, 3.8) is 0 Å². The number of aryl methyl sites for hydroxylation is 1. The number of rotatable bonds is 4. The van der Waals surface area contributed by atoms with Crippen LogP contribution in [0.15, 0.2) is 54.6 Å². The molecule has 8 heteroatoms. The van der Waals surface area contributed by atoms with Crippen LogP contribution in [0.2, 0.25) is 0 Å². The van der Waals surface area contributed by atoms with Crippen LogP contribution in [0.3, 0.4) is 0 Å². The van der Waals surface area contributed by atoms with Crippen LogP contribution in [0.25, 0.3) is 11.3 Å². The first-order chi connectivity index (χ1) is 17.6. The summed E-state index contributed by atoms with van der Waals surface area (Å²) in [5.74, 6) is 6.89. The fraction of sp³-hybridized carbons (Fsp3) is 0.321. The van der Waals surface area contributed by atoms with Crippen molar-refractivity contribution in [2.75, 3.05) is 25.0 Å². The zero-order valence-corrected chi connectivity index (χ0v) is 20.5. The van der Waals surface area contributed by atoms with Crippen LogP contribution in [0.4, 0.5) is 5.82 Å². The Morgan fingerprint density at radius 2 is 1.64 bits per heavy atom. The molecule has 8 nitrogen and oxygen atoms in total. The third-order valence-corrected chi connectivity index (χ3v) is 6.02. The van der Waals surface area contributed by atoms with Gasteiger partial charge >= 0.3 is 0 Å². The SMILES string of the molecule is CC#CC(=O)N1CCCCC1.NC(=O)c1c(-c2ccc(Oc3ccccc3)cc2)nn2c1NCCC2. The lowest BCUT2D eigenvalue weighted by atomic mass is 10.1. The smallest absolute Gasteiger partial charge is 0.298 e. The highest BCUT2D eigenvalue weighted by Crippen LogP contribution is 2.32. The van der Waals surface area contributed by atoms with Gasteiger partial charge in [-0.05, 0) is 74.9 Å². The first-order valence-electron chi connectivity index (χ1n) is 12.3. The minimum atomic E-state index is -0.477. The normalized spacial score (nSPS) is 14.2. The Balaban J connectivity index is 0.000000233. The van der Waals surface area contributed by atoms with Gasteiger partial charge in [-0.3, -0.25) is 9.59 Å². The molecule has 3 N–H and O–H groups in total. The molecular weight excluding hydrogens is 454 g/mol. The first-order valence-corrected chi connectivity index (χ1v) is 12.3. The summed E-state index contributed by atoms with van der Waals surface area (Å²) in [5, 5.41) is 7.79. The standard InChI is InChI=1S/C19H18N4O2.C9H13NO/c20-18(24)16-17(22-23-12-4-11-21-19(16)23)13-7-9-15(10-8-13)25-14-5-2-1-3-6-14;1-2-6-9(11)10-7-4-3-5-8-10/h1-3,5-10,21H,4,11-12H2,(H2,20,24);3-5,7-8H2,1H3. The minimum absolute atomic E-state index is 0.00722. The van der Waals surface area contributed by atoms with Crippen LogP contribution >= 0.6 is 0 Å². The number of fused-ring (bicyclic) bond motifs is 1. The second-order valence-electron chi connectivity index (χ2n) is 8.61. The number of aromatic nitrogens is 2. The number of hydrogen-bond acceptors (Lipinski definition) is 5. The molecule has 0 unspecified atom stereocenters. The van der Waals surface area contributed by atoms with E-state index in [4.69, 9.17) is 10.5 Å². The summed E-state index contributed by atoms with van der Waals surface area (Å²) in [7, 11) is 0. The number of carbonyl (C=O) groups excluding carboxylic acids is 2. The summed E-state index contributed by atoms with van der Waals surface area (Å²) in [6.45, 7) is 5.08. The molecule has 2 aliphatic rings. The van der Waals surface area contributed by atoms with Crippen molar-refractivity contribution >= 4 is 17.6 Å². The fourth-order valence-electron chi connectivity index (χ4n) is 4.26. The lowest BCUT2D eigenvalue weighted by Gasteiger charge is -2.24. The van der Waals surface area contributed by atoms with E-state index in [0.29, 0.717) is 17.1 Å². The summed E-state index contributed by atoms with van der Waals surface area (Å²) >= 11 is 0. The number of nitrogens with one attached hydrogen (secondary N) is 1. The molecule has 0 bridgehead atoms. The van der Waals surface area contributed by atoms with Gasteiger partial charge in [0.05, 0.1) is 0 Å². The summed E-state index contributed by atoms with van der Waals surface area (Å²) in [5.41, 5.74) is 7.47. The lowest BCUT2D eigenvalue weighted by molar-refractivity contribution is -0.125. The third-order valence-electron chi connectivity index (χ3n) is 6.02. The van der Waals surface area contributed by atoms with E-state index in [1.807, 2.05) is 64.2 Å². The maximum Gasteiger partial charge on any atom is 0.298 e. The number of likely N-dealkylation sites (tertiary alicyclic amines) is 1. The molecule has 2 amide bonds. The molecule has 1 saturated heterocycles. The molecule has 5 rings (SSSR count). The monoisotopic (exact) mass is 485 g/mol. The van der Waals surface area contributed by atoms with Crippen LogP contribution < -0.4 is 15.8 Å². The van der Waals surface area contributed by atoms with Crippen LogP contribution in [0, 0.1) is 11.8 Å². The van der Waals surface area contributed by atoms with E-state index in [1.165, 1.54) is 6.42 Å². The van der Waals surface area contributed by atoms with Crippen LogP contribution in [0.5, 0.6) is 11.5 Å². The van der Waals surface area contributed by atoms with E-state index in [-0.39, 0.29) is 5.91 Å². The van der Waals surface area contributed by atoms with Crippen molar-refractivity contribution < 1.29 is 14.3 Å². The molecule has 0 radical (unpaired) electrons. The van der Waals surface area contributed by atoms with Crippen LogP contribution in [-0.2, 0) is 11.3 Å². The average molecular weight is 486 g/mol. The van der Waals surface area contributed by atoms with Gasteiger partial charge in [-0.2, -0.15) is 5.10 Å². The van der Waals surface area contributed by atoms with Crippen molar-refractivity contribution in [2.24, 2.45) is 5.73 Å². The number of hydrogen-bond donors (Lipinski definition) is 2. The number of nitrogens with two attached hydrogens (primary N) is 1. The molecular formula is C28H31N5O3. The highest BCUT2D eigenvalue weighted by atomic mass is 16.5. The Hall–Kier alpha value is -4.25. The summed E-state index contributed by atoms with van der Waals surface area (Å²) in [6.07, 6.45) is 4.49. The molecule has 1 aromatic heterocycles. The van der Waals surface area contributed by atoms with E-state index in [2.05, 4.69) is 22.3 Å². The van der Waals surface area contributed by atoms with Gasteiger partial charge in [-0.25, -0.2) is 4.68 Å². The zero-order chi connectivity index (χ0) is 25.3. The number of benzene rings is 2. The number of amides is 2. The van der Waals surface area contributed by atoms with Crippen molar-refractivity contribution in [3.8, 4) is 34.6 Å². The molecule has 1 fully saturated rings. The molecule has 2 aliphatic heterocycles. The minimum Gasteiger partial charge on any atom is -0.457 e. The number of nitrogens with zero attached hydrogens (tertiary/aromatic N) is 3. The Bertz CT molecular complexity index is 1250. The van der Waals surface area contributed by atoms with Crippen molar-refractivity contribution in [2.45, 2.75) is 39.2 Å². The van der Waals surface area contributed by atoms with E-state index in [0.717, 1.165) is 62.5 Å². The number of ether oxygens (including phenoxy) is 1. The molecule has 3 aromatic rings. The van der Waals surface area contributed by atoms with Crippen molar-refractivity contribution in [3.05, 3.63) is 60.2 Å². The van der Waals surface area contributed by atoms with Crippen LogP contribution in [-0.4, -0.2) is 46.1 Å². The van der Waals surface area contributed by atoms with E-state index in [9.17, 15) is 9.59 Å².